The van der Waals surface area contributed by atoms with Crippen LogP contribution >= 0.6 is 0 Å². The maximum absolute atomic E-state index is 13.2. The van der Waals surface area contributed by atoms with Crippen molar-refractivity contribution in [2.45, 2.75) is 244 Å². The first kappa shape index (κ1) is 59.8. The molecule has 0 heterocycles. The highest BCUT2D eigenvalue weighted by Crippen LogP contribution is 2.16. The highest BCUT2D eigenvalue weighted by atomic mass is 16.5. The second kappa shape index (κ2) is 49.8. The summed E-state index contributed by atoms with van der Waals surface area (Å²) in [6.07, 6.45) is 66.1. The third-order valence-electron chi connectivity index (χ3n) is 11.1. The van der Waals surface area contributed by atoms with Gasteiger partial charge in [-0.2, -0.15) is 0 Å². The Bertz CT molecular complexity index is 1260. The van der Waals surface area contributed by atoms with E-state index in [9.17, 15) is 19.8 Å². The van der Waals surface area contributed by atoms with Crippen molar-refractivity contribution in [2.75, 3.05) is 6.61 Å². The van der Waals surface area contributed by atoms with Crippen molar-refractivity contribution in [3.05, 3.63) is 97.2 Å². The number of hydrogen-bond acceptors (Lipinski definition) is 5. The van der Waals surface area contributed by atoms with Crippen LogP contribution < -0.4 is 5.32 Å². The molecular formula is C57H97NO5. The van der Waals surface area contributed by atoms with Gasteiger partial charge in [-0.3, -0.25) is 9.59 Å². The fourth-order valence-corrected chi connectivity index (χ4v) is 7.23. The van der Waals surface area contributed by atoms with Crippen LogP contribution in [0, 0.1) is 0 Å². The highest BCUT2D eigenvalue weighted by molar-refractivity contribution is 5.77. The lowest BCUT2D eigenvalue weighted by Gasteiger charge is -2.24. The summed E-state index contributed by atoms with van der Waals surface area (Å²) >= 11 is 0. The number of esters is 1. The van der Waals surface area contributed by atoms with Gasteiger partial charge in [0.05, 0.1) is 25.2 Å². The Morgan fingerprint density at radius 3 is 1.35 bits per heavy atom. The number of ether oxygens (including phenoxy) is 1. The van der Waals surface area contributed by atoms with Crippen molar-refractivity contribution in [3.8, 4) is 0 Å². The van der Waals surface area contributed by atoms with Crippen LogP contribution in [-0.4, -0.2) is 46.9 Å². The molecule has 0 saturated heterocycles. The Morgan fingerprint density at radius 1 is 0.476 bits per heavy atom. The molecule has 0 bridgehead atoms. The van der Waals surface area contributed by atoms with E-state index in [4.69, 9.17) is 4.74 Å². The molecule has 0 spiro atoms. The van der Waals surface area contributed by atoms with E-state index in [0.29, 0.717) is 19.3 Å². The van der Waals surface area contributed by atoms with Crippen LogP contribution in [-0.2, 0) is 14.3 Å². The van der Waals surface area contributed by atoms with Gasteiger partial charge in [-0.15, -0.1) is 0 Å². The van der Waals surface area contributed by atoms with Gasteiger partial charge in [-0.1, -0.05) is 208 Å². The lowest BCUT2D eigenvalue weighted by Crippen LogP contribution is -2.46. The number of rotatable bonds is 45. The number of amides is 1. The second-order valence-electron chi connectivity index (χ2n) is 17.2. The summed E-state index contributed by atoms with van der Waals surface area (Å²) in [4.78, 5) is 26.1. The zero-order chi connectivity index (χ0) is 45.9. The summed E-state index contributed by atoms with van der Waals surface area (Å²) in [6, 6.07) is -0.731. The fourth-order valence-electron chi connectivity index (χ4n) is 7.23. The van der Waals surface area contributed by atoms with Gasteiger partial charge in [0, 0.05) is 6.42 Å². The molecule has 0 aliphatic rings. The van der Waals surface area contributed by atoms with Crippen LogP contribution in [0.25, 0.3) is 0 Å². The van der Waals surface area contributed by atoms with Gasteiger partial charge < -0.3 is 20.3 Å². The van der Waals surface area contributed by atoms with Crippen molar-refractivity contribution in [1.82, 2.24) is 5.32 Å². The third-order valence-corrected chi connectivity index (χ3v) is 11.1. The predicted octanol–water partition coefficient (Wildman–Crippen LogP) is 15.7. The molecule has 0 radical (unpaired) electrons. The lowest BCUT2D eigenvalue weighted by atomic mass is 10.0. The van der Waals surface area contributed by atoms with E-state index in [1.54, 1.807) is 0 Å². The second-order valence-corrected chi connectivity index (χ2v) is 17.2. The Kier molecular flexibility index (Phi) is 47.2. The summed E-state index contributed by atoms with van der Waals surface area (Å²) in [5.74, 6) is -0.572. The van der Waals surface area contributed by atoms with E-state index in [1.165, 1.54) is 77.0 Å². The minimum atomic E-state index is -0.812. The van der Waals surface area contributed by atoms with Crippen LogP contribution in [0.1, 0.15) is 226 Å². The lowest BCUT2D eigenvalue weighted by molar-refractivity contribution is -0.151. The topological polar surface area (TPSA) is 95.9 Å². The summed E-state index contributed by atoms with van der Waals surface area (Å²) in [5.41, 5.74) is 0. The first-order valence-corrected chi connectivity index (χ1v) is 26.0. The van der Waals surface area contributed by atoms with Crippen molar-refractivity contribution < 1.29 is 24.5 Å². The standard InChI is InChI=1S/C57H97NO5/c1-4-7-10-13-16-19-22-24-26-28-29-31-34-36-39-42-45-48-53(63-57(62)50-47-44-41-38-35-32-30-27-25-23-20-17-14-11-8-5-2)51-56(61)58-54(52-59)55(60)49-46-43-40-37-33-21-18-15-12-9-6-3/h8,11,16-17,19-20,24-27,29,31-32,35-36,39,53-55,59-60H,4-7,9-10,12-15,18,21-23,28,30,33-34,37-38,40-52H2,1-3H3,(H,58,61)/b11-8+,19-16-,20-17+,26-24-,27-25+,31-29-,35-32+,39-36-. The summed E-state index contributed by atoms with van der Waals surface area (Å²) in [5, 5.41) is 23.7. The molecule has 6 heteroatoms. The molecule has 1 amide bonds. The fraction of sp³-hybridized carbons (Fsp3) is 0.684. The number of hydrogen-bond donors (Lipinski definition) is 3. The minimum Gasteiger partial charge on any atom is -0.462 e. The summed E-state index contributed by atoms with van der Waals surface area (Å²) < 4.78 is 5.89. The van der Waals surface area contributed by atoms with E-state index >= 15 is 0 Å². The molecule has 0 aromatic heterocycles. The minimum absolute atomic E-state index is 0.0217. The smallest absolute Gasteiger partial charge is 0.306 e. The van der Waals surface area contributed by atoms with Crippen LogP contribution in [0.3, 0.4) is 0 Å². The third kappa shape index (κ3) is 45.2. The number of carbonyl (C=O) groups excluding carboxylic acids is 2. The SMILES string of the molecule is CC/C=C/C/C=C/C/C=C/C/C=C/CCCCCC(=O)OC(CCC/C=C\C/C=C\C/C=C\C/C=C\CCCCC)CC(=O)NC(CO)C(O)CCCCCCCCCCCCC. The molecule has 0 saturated carbocycles. The van der Waals surface area contributed by atoms with Gasteiger partial charge in [0.2, 0.25) is 5.91 Å². The molecule has 0 rings (SSSR count). The Balaban J connectivity index is 4.78. The zero-order valence-electron chi connectivity index (χ0n) is 40.9. The van der Waals surface area contributed by atoms with Crippen LogP contribution in [0.5, 0.6) is 0 Å². The van der Waals surface area contributed by atoms with Gasteiger partial charge >= 0.3 is 5.97 Å². The molecule has 3 N–H and O–H groups in total. The maximum atomic E-state index is 13.2. The first-order valence-electron chi connectivity index (χ1n) is 26.0. The largest absolute Gasteiger partial charge is 0.462 e. The van der Waals surface area contributed by atoms with Crippen molar-refractivity contribution >= 4 is 11.9 Å². The Hall–Kier alpha value is -3.22. The average Bonchev–Trinajstić information content (AvgIpc) is 3.28. The van der Waals surface area contributed by atoms with Gasteiger partial charge in [-0.05, 0) is 103 Å². The Morgan fingerprint density at radius 2 is 0.873 bits per heavy atom. The number of nitrogens with one attached hydrogen (secondary N) is 1. The van der Waals surface area contributed by atoms with Crippen LogP contribution in [0.2, 0.25) is 0 Å². The predicted molar refractivity (Wildman–Crippen MR) is 273 cm³/mol. The van der Waals surface area contributed by atoms with Crippen molar-refractivity contribution in [3.63, 3.8) is 0 Å². The quantitative estimate of drug-likeness (QED) is 0.0322. The molecular weight excluding hydrogens is 779 g/mol. The van der Waals surface area contributed by atoms with E-state index < -0.39 is 18.2 Å². The molecule has 3 atom stereocenters. The number of unbranched alkanes of at least 4 members (excludes halogenated alkanes) is 17. The summed E-state index contributed by atoms with van der Waals surface area (Å²) in [6.45, 7) is 6.30. The van der Waals surface area contributed by atoms with Crippen molar-refractivity contribution in [1.29, 1.82) is 0 Å². The van der Waals surface area contributed by atoms with E-state index in [-0.39, 0.29) is 24.9 Å². The molecule has 0 aliphatic heterocycles. The summed E-state index contributed by atoms with van der Waals surface area (Å²) in [7, 11) is 0. The van der Waals surface area contributed by atoms with Gasteiger partial charge in [0.1, 0.15) is 6.10 Å². The molecule has 6 nitrogen and oxygen atoms in total. The number of allylic oxidation sites excluding steroid dienone is 16. The van der Waals surface area contributed by atoms with Crippen LogP contribution in [0.15, 0.2) is 97.2 Å². The Labute approximate surface area is 388 Å². The van der Waals surface area contributed by atoms with Gasteiger partial charge in [0.25, 0.3) is 0 Å². The first-order chi connectivity index (χ1) is 31.0. The normalized spacial score (nSPS) is 14.0. The number of aliphatic hydroxyl groups excluding tert-OH is 2. The molecule has 3 unspecified atom stereocenters. The molecule has 0 aromatic carbocycles. The van der Waals surface area contributed by atoms with E-state index in [0.717, 1.165) is 103 Å². The number of aliphatic hydroxyl groups is 2. The maximum Gasteiger partial charge on any atom is 0.306 e. The van der Waals surface area contributed by atoms with Crippen LogP contribution in [0.4, 0.5) is 0 Å². The highest BCUT2D eigenvalue weighted by Gasteiger charge is 2.24. The zero-order valence-corrected chi connectivity index (χ0v) is 40.9. The van der Waals surface area contributed by atoms with E-state index in [2.05, 4.69) is 123 Å². The van der Waals surface area contributed by atoms with Gasteiger partial charge in [-0.25, -0.2) is 0 Å². The van der Waals surface area contributed by atoms with E-state index in [1.807, 2.05) is 0 Å². The molecule has 0 fully saturated rings. The average molecular weight is 876 g/mol. The monoisotopic (exact) mass is 876 g/mol. The number of carbonyl (C=O) groups is 2. The molecule has 0 aliphatic carbocycles. The molecule has 0 aromatic rings. The molecule has 360 valence electrons. The van der Waals surface area contributed by atoms with Crippen molar-refractivity contribution in [2.24, 2.45) is 0 Å². The molecule has 63 heavy (non-hydrogen) atoms. The van der Waals surface area contributed by atoms with Gasteiger partial charge in [0.15, 0.2) is 0 Å².